The molecule has 0 aliphatic heterocycles. The van der Waals surface area contributed by atoms with Gasteiger partial charge in [-0.15, -0.1) is 0 Å². The second-order valence-corrected chi connectivity index (χ2v) is 7.70. The molecule has 1 amide bonds. The smallest absolute Gasteiger partial charge is 0.225 e. The number of rotatable bonds is 7. The molecular weight excluding hydrogens is 428 g/mol. The van der Waals surface area contributed by atoms with Crippen molar-refractivity contribution < 1.29 is 14.3 Å². The maximum Gasteiger partial charge on any atom is 0.225 e. The number of amides is 1. The fourth-order valence-corrected chi connectivity index (χ4v) is 3.57. The van der Waals surface area contributed by atoms with E-state index in [0.29, 0.717) is 28.0 Å². The number of hydrogen-bond donors (Lipinski definition) is 1. The van der Waals surface area contributed by atoms with Gasteiger partial charge in [-0.2, -0.15) is 9.78 Å². The zero-order valence-electron chi connectivity index (χ0n) is 17.6. The van der Waals surface area contributed by atoms with Gasteiger partial charge in [-0.1, -0.05) is 29.8 Å². The van der Waals surface area contributed by atoms with E-state index in [2.05, 4.69) is 15.4 Å². The van der Waals surface area contributed by atoms with Gasteiger partial charge in [0.2, 0.25) is 5.91 Å². The first-order valence-electron chi connectivity index (χ1n) is 10.0. The lowest BCUT2D eigenvalue weighted by Gasteiger charge is -2.10. The van der Waals surface area contributed by atoms with Crippen LogP contribution in [0.2, 0.25) is 5.02 Å². The molecule has 1 N–H and O–H groups in total. The summed E-state index contributed by atoms with van der Waals surface area (Å²) in [4.78, 5) is 29.8. The number of anilines is 1. The van der Waals surface area contributed by atoms with E-state index in [1.54, 1.807) is 28.9 Å². The highest BCUT2D eigenvalue weighted by atomic mass is 35.5. The van der Waals surface area contributed by atoms with Crippen molar-refractivity contribution in [3.05, 3.63) is 76.9 Å². The zero-order chi connectivity index (χ0) is 22.7. The van der Waals surface area contributed by atoms with Crippen LogP contribution in [0.3, 0.4) is 0 Å². The number of benzene rings is 2. The number of nitrogens with one attached hydrogen (secondary N) is 1. The van der Waals surface area contributed by atoms with E-state index in [0.717, 1.165) is 16.6 Å². The Kier molecular flexibility index (Phi) is 6.18. The number of fused-ring (bicyclic) bond motifs is 1. The van der Waals surface area contributed by atoms with Gasteiger partial charge >= 0.3 is 0 Å². The van der Waals surface area contributed by atoms with Gasteiger partial charge in [-0.25, -0.2) is 4.98 Å². The number of nitrogens with zero attached hydrogens (tertiary/aromatic N) is 3. The molecule has 0 atom stereocenters. The summed E-state index contributed by atoms with van der Waals surface area (Å²) in [5.41, 5.74) is 1.92. The van der Waals surface area contributed by atoms with E-state index >= 15 is 0 Å². The van der Waals surface area contributed by atoms with Crippen molar-refractivity contribution >= 4 is 40.0 Å². The highest BCUT2D eigenvalue weighted by Gasteiger charge is 2.17. The summed E-state index contributed by atoms with van der Waals surface area (Å²) < 4.78 is 6.81. The van der Waals surface area contributed by atoms with E-state index < -0.39 is 0 Å². The highest BCUT2D eigenvalue weighted by molar-refractivity contribution is 6.31. The number of aryl methyl sites for hydroxylation is 1. The summed E-state index contributed by atoms with van der Waals surface area (Å²) in [5.74, 6) is 0.979. The Hall–Kier alpha value is -3.71. The highest BCUT2D eigenvalue weighted by Crippen LogP contribution is 2.25. The molecule has 0 bridgehead atoms. The number of aromatic nitrogens is 3. The van der Waals surface area contributed by atoms with Crippen LogP contribution < -0.4 is 10.1 Å². The fraction of sp³-hybridized carbons (Fsp3) is 0.167. The Morgan fingerprint density at radius 3 is 2.69 bits per heavy atom. The molecule has 0 unspecified atom stereocenters. The number of carbonyl (C=O) groups excluding carboxylic acids is 2. The number of ketones is 1. The first-order valence-corrected chi connectivity index (χ1v) is 10.4. The Morgan fingerprint density at radius 2 is 1.88 bits per heavy atom. The summed E-state index contributed by atoms with van der Waals surface area (Å²) in [6.45, 7) is 1.84. The molecule has 8 heteroatoms. The molecule has 2 aromatic heterocycles. The van der Waals surface area contributed by atoms with E-state index in [1.165, 1.54) is 7.11 Å². The number of ether oxygens (including phenoxy) is 1. The molecule has 0 radical (unpaired) electrons. The van der Waals surface area contributed by atoms with Gasteiger partial charge in [0.05, 0.1) is 23.9 Å². The molecular formula is C24H21ClN4O3. The third-order valence-electron chi connectivity index (χ3n) is 4.94. The monoisotopic (exact) mass is 448 g/mol. The molecule has 32 heavy (non-hydrogen) atoms. The van der Waals surface area contributed by atoms with Crippen LogP contribution in [0.25, 0.3) is 16.7 Å². The number of para-hydroxylation sites is 1. The van der Waals surface area contributed by atoms with Crippen LogP contribution in [0.1, 0.15) is 28.9 Å². The van der Waals surface area contributed by atoms with Crippen molar-refractivity contribution in [2.24, 2.45) is 0 Å². The van der Waals surface area contributed by atoms with Crippen LogP contribution in [0.15, 0.2) is 60.7 Å². The van der Waals surface area contributed by atoms with Crippen molar-refractivity contribution in [3.8, 4) is 11.6 Å². The molecule has 2 heterocycles. The van der Waals surface area contributed by atoms with Crippen LogP contribution in [0, 0.1) is 6.92 Å². The quantitative estimate of drug-likeness (QED) is 0.402. The first kappa shape index (κ1) is 21.5. The second-order valence-electron chi connectivity index (χ2n) is 7.26. The molecule has 0 aliphatic rings. The molecule has 0 saturated heterocycles. The van der Waals surface area contributed by atoms with Gasteiger partial charge in [0.25, 0.3) is 0 Å². The molecule has 4 rings (SSSR count). The van der Waals surface area contributed by atoms with Crippen molar-refractivity contribution in [1.82, 2.24) is 14.8 Å². The maximum absolute atomic E-state index is 12.6. The van der Waals surface area contributed by atoms with Crippen LogP contribution >= 0.6 is 11.6 Å². The number of Topliss-reactive ketones (excluding diaryl/α,β-unsaturated/α-hetero) is 1. The lowest BCUT2D eigenvalue weighted by molar-refractivity contribution is -0.116. The van der Waals surface area contributed by atoms with Crippen LogP contribution in [0.5, 0.6) is 5.75 Å². The van der Waals surface area contributed by atoms with Gasteiger partial charge in [0.15, 0.2) is 11.6 Å². The summed E-state index contributed by atoms with van der Waals surface area (Å²) in [6.07, 6.45) is 0.0216. The number of halogens is 1. The fourth-order valence-electron chi connectivity index (χ4n) is 3.40. The van der Waals surface area contributed by atoms with E-state index in [4.69, 9.17) is 16.3 Å². The number of hydrogen-bond acceptors (Lipinski definition) is 5. The van der Waals surface area contributed by atoms with Gasteiger partial charge in [0, 0.05) is 29.3 Å². The molecule has 7 nitrogen and oxygen atoms in total. The van der Waals surface area contributed by atoms with Crippen molar-refractivity contribution in [2.75, 3.05) is 12.4 Å². The number of methoxy groups -OCH3 is 1. The summed E-state index contributed by atoms with van der Waals surface area (Å²) >= 11 is 6.00. The predicted molar refractivity (Wildman–Crippen MR) is 124 cm³/mol. The lowest BCUT2D eigenvalue weighted by atomic mass is 10.1. The topological polar surface area (TPSA) is 86.1 Å². The first-order chi connectivity index (χ1) is 15.4. The SMILES string of the molecule is COc1ccc(Cl)cc1C(=O)CCC(=O)Nc1cc(C)nn1-c1ccc2ccccc2n1. The third-order valence-corrected chi connectivity index (χ3v) is 5.18. The standard InChI is InChI=1S/C24H21ClN4O3/c1-15-13-23(29(28-15)22-11-7-16-5-3-4-6-19(16)26-22)27-24(31)12-9-20(30)18-14-17(25)8-10-21(18)32-2/h3-8,10-11,13-14H,9,12H2,1-2H3,(H,27,31). The second kappa shape index (κ2) is 9.20. The summed E-state index contributed by atoms with van der Waals surface area (Å²) in [7, 11) is 1.48. The van der Waals surface area contributed by atoms with Gasteiger partial charge in [-0.05, 0) is 43.3 Å². The number of pyridine rings is 1. The van der Waals surface area contributed by atoms with Gasteiger partial charge in [0.1, 0.15) is 11.6 Å². The normalized spacial score (nSPS) is 10.8. The van der Waals surface area contributed by atoms with E-state index in [-0.39, 0.29) is 24.5 Å². The van der Waals surface area contributed by atoms with Crippen LogP contribution in [0.4, 0.5) is 5.82 Å². The molecule has 0 fully saturated rings. The average molecular weight is 449 g/mol. The van der Waals surface area contributed by atoms with Crippen LogP contribution in [-0.2, 0) is 4.79 Å². The Bertz CT molecular complexity index is 1320. The zero-order valence-corrected chi connectivity index (χ0v) is 18.4. The minimum Gasteiger partial charge on any atom is -0.496 e. The average Bonchev–Trinajstić information content (AvgIpc) is 3.16. The Labute approximate surface area is 190 Å². The van der Waals surface area contributed by atoms with E-state index in [1.807, 2.05) is 43.3 Å². The van der Waals surface area contributed by atoms with Crippen LogP contribution in [-0.4, -0.2) is 33.6 Å². The summed E-state index contributed by atoms with van der Waals surface area (Å²) in [5, 5.41) is 8.74. The molecule has 0 spiro atoms. The molecule has 0 aliphatic carbocycles. The van der Waals surface area contributed by atoms with Gasteiger partial charge < -0.3 is 10.1 Å². The molecule has 162 valence electrons. The maximum atomic E-state index is 12.6. The lowest BCUT2D eigenvalue weighted by Crippen LogP contribution is -2.16. The molecule has 4 aromatic rings. The number of carbonyl (C=O) groups is 2. The Balaban J connectivity index is 1.48. The third kappa shape index (κ3) is 4.63. The Morgan fingerprint density at radius 1 is 1.06 bits per heavy atom. The van der Waals surface area contributed by atoms with Gasteiger partial charge in [-0.3, -0.25) is 9.59 Å². The minimum atomic E-state index is -0.304. The molecule has 0 saturated carbocycles. The molecule has 2 aromatic carbocycles. The van der Waals surface area contributed by atoms with Crippen molar-refractivity contribution in [1.29, 1.82) is 0 Å². The largest absolute Gasteiger partial charge is 0.496 e. The minimum absolute atomic E-state index is 0.00385. The summed E-state index contributed by atoms with van der Waals surface area (Å²) in [6, 6.07) is 18.2. The predicted octanol–water partition coefficient (Wildman–Crippen LogP) is 4.99. The van der Waals surface area contributed by atoms with E-state index in [9.17, 15) is 9.59 Å². The van der Waals surface area contributed by atoms with Crippen molar-refractivity contribution in [3.63, 3.8) is 0 Å². The van der Waals surface area contributed by atoms with Crippen molar-refractivity contribution in [2.45, 2.75) is 19.8 Å².